The summed E-state index contributed by atoms with van der Waals surface area (Å²) in [6.07, 6.45) is 0.878. The van der Waals surface area contributed by atoms with E-state index in [1.165, 1.54) is 5.56 Å². The second-order valence-electron chi connectivity index (χ2n) is 6.52. The lowest BCUT2D eigenvalue weighted by Gasteiger charge is -2.40. The van der Waals surface area contributed by atoms with Crippen molar-refractivity contribution in [3.05, 3.63) is 77.9 Å². The zero-order valence-electron chi connectivity index (χ0n) is 13.0. The summed E-state index contributed by atoms with van der Waals surface area (Å²) in [5, 5.41) is 0. The number of benzene rings is 2. The van der Waals surface area contributed by atoms with Gasteiger partial charge in [-0.2, -0.15) is 0 Å². The van der Waals surface area contributed by atoms with Crippen molar-refractivity contribution in [3.63, 3.8) is 0 Å². The molecule has 1 spiro atoms. The van der Waals surface area contributed by atoms with E-state index in [0.29, 0.717) is 19.7 Å². The molecule has 116 valence electrons. The first-order valence-electron chi connectivity index (χ1n) is 7.91. The summed E-state index contributed by atoms with van der Waals surface area (Å²) in [5.74, 6) is 1.00. The summed E-state index contributed by atoms with van der Waals surface area (Å²) in [6.45, 7) is 6.10. The van der Waals surface area contributed by atoms with E-state index in [0.717, 1.165) is 23.3 Å². The number of piperidine rings is 1. The highest BCUT2D eigenvalue weighted by Crippen LogP contribution is 2.45. The number of likely N-dealkylation sites (tertiary alicyclic amines) is 1. The molecule has 0 N–H and O–H groups in total. The minimum atomic E-state index is -0.156. The van der Waals surface area contributed by atoms with Crippen molar-refractivity contribution in [2.24, 2.45) is 0 Å². The number of fused-ring (bicyclic) bond motifs is 2. The number of nitrogens with zero attached hydrogens (tertiary/aromatic N) is 1. The number of hydrogen-bond donors (Lipinski definition) is 0. The number of hydrogen-bond acceptors (Lipinski definition) is 2. The predicted octanol–water partition coefficient (Wildman–Crippen LogP) is 3.42. The van der Waals surface area contributed by atoms with E-state index in [-0.39, 0.29) is 11.3 Å². The Morgan fingerprint density at radius 1 is 1.09 bits per heavy atom. The molecule has 0 aromatic heterocycles. The fourth-order valence-electron chi connectivity index (χ4n) is 3.79. The van der Waals surface area contributed by atoms with Crippen molar-refractivity contribution in [2.45, 2.75) is 11.8 Å². The van der Waals surface area contributed by atoms with Gasteiger partial charge in [0.25, 0.3) is 5.91 Å². The third-order valence-electron chi connectivity index (χ3n) is 4.77. The van der Waals surface area contributed by atoms with Gasteiger partial charge in [-0.3, -0.25) is 4.79 Å². The molecule has 2 heterocycles. The second-order valence-corrected chi connectivity index (χ2v) is 6.52. The fourth-order valence-corrected chi connectivity index (χ4v) is 3.79. The maximum absolute atomic E-state index is 12.8. The summed E-state index contributed by atoms with van der Waals surface area (Å²) in [7, 11) is 0. The van der Waals surface area contributed by atoms with Gasteiger partial charge in [-0.25, -0.2) is 0 Å². The summed E-state index contributed by atoms with van der Waals surface area (Å²) < 4.78 is 5.89. The molecule has 3 heteroatoms. The lowest BCUT2D eigenvalue weighted by Crippen LogP contribution is -2.50. The zero-order valence-corrected chi connectivity index (χ0v) is 13.0. The average Bonchev–Trinajstić information content (AvgIpc) is 2.93. The lowest BCUT2D eigenvalue weighted by molar-refractivity contribution is 0.0672. The number of amides is 1. The van der Waals surface area contributed by atoms with E-state index in [1.807, 2.05) is 53.4 Å². The van der Waals surface area contributed by atoms with Gasteiger partial charge < -0.3 is 9.64 Å². The van der Waals surface area contributed by atoms with Crippen LogP contribution in [0, 0.1) is 0 Å². The Morgan fingerprint density at radius 3 is 2.65 bits per heavy atom. The maximum Gasteiger partial charge on any atom is 0.254 e. The third-order valence-corrected chi connectivity index (χ3v) is 4.77. The van der Waals surface area contributed by atoms with E-state index in [9.17, 15) is 4.79 Å². The van der Waals surface area contributed by atoms with Gasteiger partial charge >= 0.3 is 0 Å². The largest absolute Gasteiger partial charge is 0.492 e. The van der Waals surface area contributed by atoms with Gasteiger partial charge in [-0.15, -0.1) is 0 Å². The first kappa shape index (κ1) is 14.1. The van der Waals surface area contributed by atoms with Crippen molar-refractivity contribution in [3.8, 4) is 5.75 Å². The molecule has 2 aliphatic heterocycles. The van der Waals surface area contributed by atoms with E-state index >= 15 is 0 Å². The Morgan fingerprint density at radius 2 is 1.83 bits per heavy atom. The Balaban J connectivity index is 1.68. The van der Waals surface area contributed by atoms with Crippen molar-refractivity contribution in [1.82, 2.24) is 4.90 Å². The summed E-state index contributed by atoms with van der Waals surface area (Å²) >= 11 is 0. The number of para-hydroxylation sites is 1. The molecule has 4 rings (SSSR count). The zero-order chi connectivity index (χ0) is 15.9. The molecule has 2 aromatic carbocycles. The van der Waals surface area contributed by atoms with Gasteiger partial charge in [-0.05, 0) is 24.6 Å². The number of ether oxygens (including phenoxy) is 1. The predicted molar refractivity (Wildman–Crippen MR) is 89.7 cm³/mol. The smallest absolute Gasteiger partial charge is 0.254 e. The van der Waals surface area contributed by atoms with Crippen LogP contribution >= 0.6 is 0 Å². The number of carbonyl (C=O) groups is 1. The molecule has 0 saturated carbocycles. The van der Waals surface area contributed by atoms with Crippen LogP contribution in [0.2, 0.25) is 0 Å². The van der Waals surface area contributed by atoms with Crippen LogP contribution < -0.4 is 4.74 Å². The Labute approximate surface area is 136 Å². The quantitative estimate of drug-likeness (QED) is 0.756. The van der Waals surface area contributed by atoms with Crippen LogP contribution in [0.5, 0.6) is 5.75 Å². The number of rotatable bonds is 1. The van der Waals surface area contributed by atoms with Gasteiger partial charge in [0.2, 0.25) is 0 Å². The minimum absolute atomic E-state index is 0.0650. The second kappa shape index (κ2) is 5.27. The van der Waals surface area contributed by atoms with Gasteiger partial charge in [0.05, 0.1) is 5.41 Å². The van der Waals surface area contributed by atoms with Crippen molar-refractivity contribution >= 4 is 5.91 Å². The molecule has 2 aromatic rings. The van der Waals surface area contributed by atoms with Crippen LogP contribution in [0.4, 0.5) is 0 Å². The van der Waals surface area contributed by atoms with Crippen molar-refractivity contribution < 1.29 is 9.53 Å². The van der Waals surface area contributed by atoms with Crippen LogP contribution in [0.25, 0.3) is 0 Å². The molecule has 0 aliphatic carbocycles. The van der Waals surface area contributed by atoms with Crippen LogP contribution in [0.15, 0.2) is 66.7 Å². The topological polar surface area (TPSA) is 29.5 Å². The monoisotopic (exact) mass is 305 g/mol. The van der Waals surface area contributed by atoms with Crippen LogP contribution in [-0.4, -0.2) is 30.5 Å². The van der Waals surface area contributed by atoms with Crippen LogP contribution in [0.3, 0.4) is 0 Å². The third kappa shape index (κ3) is 2.33. The highest BCUT2D eigenvalue weighted by molar-refractivity contribution is 5.94. The molecular formula is C20H19NO2. The van der Waals surface area contributed by atoms with Gasteiger partial charge in [0.15, 0.2) is 0 Å². The summed E-state index contributed by atoms with van der Waals surface area (Å²) in [6, 6.07) is 17.6. The average molecular weight is 305 g/mol. The molecular weight excluding hydrogens is 286 g/mol. The van der Waals surface area contributed by atoms with Crippen molar-refractivity contribution in [1.29, 1.82) is 0 Å². The normalized spacial score (nSPS) is 22.8. The SMILES string of the molecule is C=C1CN(C(=O)c2ccccc2)CC2(COc3ccccc32)C1. The molecule has 0 radical (unpaired) electrons. The first-order valence-corrected chi connectivity index (χ1v) is 7.91. The molecule has 0 bridgehead atoms. The van der Waals surface area contributed by atoms with Gasteiger partial charge in [0.1, 0.15) is 12.4 Å². The standard InChI is InChI=1S/C20H19NO2/c1-15-11-20(14-23-18-10-6-5-9-17(18)20)13-21(12-15)19(22)16-7-3-2-4-8-16/h2-10H,1,11-14H2. The fraction of sp³-hybridized carbons (Fsp3) is 0.250. The molecule has 23 heavy (non-hydrogen) atoms. The molecule has 1 amide bonds. The number of carbonyl (C=O) groups excluding carboxylic acids is 1. The van der Waals surface area contributed by atoms with E-state index in [2.05, 4.69) is 12.6 Å². The Kier molecular flexibility index (Phi) is 3.22. The summed E-state index contributed by atoms with van der Waals surface area (Å²) in [5.41, 5.74) is 2.85. The highest BCUT2D eigenvalue weighted by atomic mass is 16.5. The maximum atomic E-state index is 12.8. The molecule has 1 fully saturated rings. The Bertz CT molecular complexity index is 768. The van der Waals surface area contributed by atoms with Crippen LogP contribution in [0.1, 0.15) is 22.3 Å². The molecule has 2 aliphatic rings. The van der Waals surface area contributed by atoms with E-state index < -0.39 is 0 Å². The van der Waals surface area contributed by atoms with Gasteiger partial charge in [-0.1, -0.05) is 48.6 Å². The minimum Gasteiger partial charge on any atom is -0.492 e. The first-order chi connectivity index (χ1) is 11.2. The molecule has 1 saturated heterocycles. The van der Waals surface area contributed by atoms with E-state index in [1.54, 1.807) is 0 Å². The Hall–Kier alpha value is -2.55. The molecule has 3 nitrogen and oxygen atoms in total. The van der Waals surface area contributed by atoms with E-state index in [4.69, 9.17) is 4.74 Å². The molecule has 1 atom stereocenters. The van der Waals surface area contributed by atoms with Gasteiger partial charge in [0, 0.05) is 24.2 Å². The van der Waals surface area contributed by atoms with Crippen LogP contribution in [-0.2, 0) is 5.41 Å². The summed E-state index contributed by atoms with van der Waals surface area (Å²) in [4.78, 5) is 14.8. The van der Waals surface area contributed by atoms with Crippen molar-refractivity contribution in [2.75, 3.05) is 19.7 Å². The lowest BCUT2D eigenvalue weighted by atomic mass is 9.74. The molecule has 1 unspecified atom stereocenters. The highest BCUT2D eigenvalue weighted by Gasteiger charge is 2.45.